The van der Waals surface area contributed by atoms with E-state index in [1.165, 1.54) is 11.4 Å². The second-order valence-corrected chi connectivity index (χ2v) is 3.74. The van der Waals surface area contributed by atoms with E-state index in [1.807, 2.05) is 18.8 Å². The molecule has 1 aromatic rings. The molecule has 0 aliphatic carbocycles. The fourth-order valence-electron chi connectivity index (χ4n) is 1.52. The monoisotopic (exact) mass is 210 g/mol. The van der Waals surface area contributed by atoms with Crippen LogP contribution in [0, 0.1) is 0 Å². The first kappa shape index (κ1) is 12.2. The zero-order chi connectivity index (χ0) is 11.1. The quantitative estimate of drug-likeness (QED) is 0.650. The van der Waals surface area contributed by atoms with Crippen LogP contribution in [0.15, 0.2) is 6.07 Å². The maximum absolute atomic E-state index is 4.41. The van der Waals surface area contributed by atoms with Crippen molar-refractivity contribution >= 4 is 0 Å². The topological polar surface area (TPSA) is 41.9 Å². The standard InChI is InChI=1S/C11H22N4/c1-4-10-8-11(15(3)14-10)9-13-7-5-6-12-2/h8,12-13H,4-7,9H2,1-3H3. The van der Waals surface area contributed by atoms with Gasteiger partial charge in [-0.15, -0.1) is 0 Å². The summed E-state index contributed by atoms with van der Waals surface area (Å²) in [5.74, 6) is 0. The van der Waals surface area contributed by atoms with Crippen LogP contribution in [0.1, 0.15) is 24.7 Å². The predicted octanol–water partition coefficient (Wildman–Crippen LogP) is 0.682. The molecule has 0 fully saturated rings. The predicted molar refractivity (Wildman–Crippen MR) is 62.8 cm³/mol. The van der Waals surface area contributed by atoms with Crippen molar-refractivity contribution in [2.75, 3.05) is 20.1 Å². The molecule has 86 valence electrons. The second-order valence-electron chi connectivity index (χ2n) is 3.74. The van der Waals surface area contributed by atoms with Gasteiger partial charge in [-0.2, -0.15) is 5.10 Å². The van der Waals surface area contributed by atoms with Gasteiger partial charge in [-0.1, -0.05) is 6.92 Å². The van der Waals surface area contributed by atoms with Crippen LogP contribution in [-0.2, 0) is 20.0 Å². The number of aryl methyl sites for hydroxylation is 2. The Morgan fingerprint density at radius 1 is 1.40 bits per heavy atom. The van der Waals surface area contributed by atoms with Crippen molar-refractivity contribution in [3.8, 4) is 0 Å². The molecular weight excluding hydrogens is 188 g/mol. The van der Waals surface area contributed by atoms with E-state index < -0.39 is 0 Å². The minimum absolute atomic E-state index is 0.910. The highest BCUT2D eigenvalue weighted by Gasteiger charge is 2.02. The zero-order valence-corrected chi connectivity index (χ0v) is 10.0. The summed E-state index contributed by atoms with van der Waals surface area (Å²) in [6.07, 6.45) is 2.17. The first-order valence-corrected chi connectivity index (χ1v) is 5.65. The van der Waals surface area contributed by atoms with Gasteiger partial charge >= 0.3 is 0 Å². The maximum Gasteiger partial charge on any atom is 0.0625 e. The van der Waals surface area contributed by atoms with Crippen LogP contribution < -0.4 is 10.6 Å². The van der Waals surface area contributed by atoms with Crippen LogP contribution in [0.5, 0.6) is 0 Å². The van der Waals surface area contributed by atoms with E-state index in [0.717, 1.165) is 32.5 Å². The number of hydrogen-bond donors (Lipinski definition) is 2. The van der Waals surface area contributed by atoms with Gasteiger partial charge in [0.15, 0.2) is 0 Å². The Bertz CT molecular complexity index is 280. The normalized spacial score (nSPS) is 10.9. The van der Waals surface area contributed by atoms with Crippen LogP contribution in [0.2, 0.25) is 0 Å². The van der Waals surface area contributed by atoms with E-state index in [0.29, 0.717) is 0 Å². The van der Waals surface area contributed by atoms with Crippen molar-refractivity contribution in [3.63, 3.8) is 0 Å². The molecule has 0 amide bonds. The van der Waals surface area contributed by atoms with Gasteiger partial charge in [0.1, 0.15) is 0 Å². The number of rotatable bonds is 7. The molecule has 1 heterocycles. The summed E-state index contributed by atoms with van der Waals surface area (Å²) in [7, 11) is 3.98. The van der Waals surface area contributed by atoms with E-state index in [-0.39, 0.29) is 0 Å². The molecule has 0 aromatic carbocycles. The minimum Gasteiger partial charge on any atom is -0.320 e. The van der Waals surface area contributed by atoms with Crippen LogP contribution in [0.3, 0.4) is 0 Å². The average molecular weight is 210 g/mol. The minimum atomic E-state index is 0.910. The molecule has 0 radical (unpaired) electrons. The van der Waals surface area contributed by atoms with E-state index in [4.69, 9.17) is 0 Å². The summed E-state index contributed by atoms with van der Waals surface area (Å²) < 4.78 is 1.96. The zero-order valence-electron chi connectivity index (χ0n) is 10.0. The third-order valence-electron chi connectivity index (χ3n) is 2.48. The Labute approximate surface area is 92.1 Å². The summed E-state index contributed by atoms with van der Waals surface area (Å²) in [5.41, 5.74) is 2.43. The summed E-state index contributed by atoms with van der Waals surface area (Å²) in [4.78, 5) is 0. The molecule has 4 nitrogen and oxygen atoms in total. The highest BCUT2D eigenvalue weighted by molar-refractivity contribution is 5.09. The highest BCUT2D eigenvalue weighted by Crippen LogP contribution is 2.03. The van der Waals surface area contributed by atoms with Gasteiger partial charge < -0.3 is 10.6 Å². The summed E-state index contributed by atoms with van der Waals surface area (Å²) in [5, 5.41) is 11.0. The number of aromatic nitrogens is 2. The third-order valence-corrected chi connectivity index (χ3v) is 2.48. The van der Waals surface area contributed by atoms with E-state index >= 15 is 0 Å². The smallest absolute Gasteiger partial charge is 0.0625 e. The first-order valence-electron chi connectivity index (χ1n) is 5.65. The van der Waals surface area contributed by atoms with Crippen LogP contribution in [0.25, 0.3) is 0 Å². The van der Waals surface area contributed by atoms with Gasteiger partial charge in [0.25, 0.3) is 0 Å². The lowest BCUT2D eigenvalue weighted by Crippen LogP contribution is -2.20. The molecule has 1 rings (SSSR count). The van der Waals surface area contributed by atoms with Gasteiger partial charge in [-0.25, -0.2) is 0 Å². The number of nitrogens with one attached hydrogen (secondary N) is 2. The van der Waals surface area contributed by atoms with E-state index in [2.05, 4.69) is 28.7 Å². The van der Waals surface area contributed by atoms with Crippen molar-refractivity contribution in [3.05, 3.63) is 17.5 Å². The molecule has 15 heavy (non-hydrogen) atoms. The van der Waals surface area contributed by atoms with Crippen molar-refractivity contribution in [1.82, 2.24) is 20.4 Å². The van der Waals surface area contributed by atoms with E-state index in [9.17, 15) is 0 Å². The highest BCUT2D eigenvalue weighted by atomic mass is 15.3. The first-order chi connectivity index (χ1) is 7.27. The van der Waals surface area contributed by atoms with Crippen molar-refractivity contribution in [1.29, 1.82) is 0 Å². The molecule has 0 spiro atoms. The molecule has 0 aliphatic heterocycles. The van der Waals surface area contributed by atoms with E-state index in [1.54, 1.807) is 0 Å². The fourth-order valence-corrected chi connectivity index (χ4v) is 1.52. The van der Waals surface area contributed by atoms with Crippen molar-refractivity contribution in [2.24, 2.45) is 7.05 Å². The molecule has 0 atom stereocenters. The Morgan fingerprint density at radius 2 is 2.20 bits per heavy atom. The molecule has 0 saturated heterocycles. The fraction of sp³-hybridized carbons (Fsp3) is 0.727. The van der Waals surface area contributed by atoms with Crippen LogP contribution in [0.4, 0.5) is 0 Å². The molecule has 0 aliphatic rings. The molecule has 0 unspecified atom stereocenters. The molecule has 4 heteroatoms. The molecule has 0 bridgehead atoms. The largest absolute Gasteiger partial charge is 0.320 e. The Balaban J connectivity index is 2.27. The molecule has 2 N–H and O–H groups in total. The Kier molecular flexibility index (Phi) is 5.36. The SMILES string of the molecule is CCc1cc(CNCCCNC)n(C)n1. The summed E-state index contributed by atoms with van der Waals surface area (Å²) in [6, 6.07) is 2.17. The Morgan fingerprint density at radius 3 is 2.80 bits per heavy atom. The van der Waals surface area contributed by atoms with Gasteiger partial charge in [0.05, 0.1) is 11.4 Å². The van der Waals surface area contributed by atoms with Crippen molar-refractivity contribution in [2.45, 2.75) is 26.3 Å². The van der Waals surface area contributed by atoms with Crippen molar-refractivity contribution < 1.29 is 0 Å². The van der Waals surface area contributed by atoms with Crippen LogP contribution >= 0.6 is 0 Å². The van der Waals surface area contributed by atoms with Gasteiger partial charge in [0.2, 0.25) is 0 Å². The van der Waals surface area contributed by atoms with Crippen LogP contribution in [-0.4, -0.2) is 29.9 Å². The summed E-state index contributed by atoms with van der Waals surface area (Å²) in [6.45, 7) is 5.16. The second kappa shape index (κ2) is 6.58. The molecular formula is C11H22N4. The average Bonchev–Trinajstić information content (AvgIpc) is 2.59. The number of nitrogens with zero attached hydrogens (tertiary/aromatic N) is 2. The third kappa shape index (κ3) is 4.01. The lowest BCUT2D eigenvalue weighted by molar-refractivity contribution is 0.593. The van der Waals surface area contributed by atoms with Gasteiger partial charge in [0, 0.05) is 13.6 Å². The lowest BCUT2D eigenvalue weighted by atomic mass is 10.3. The number of hydrogen-bond acceptors (Lipinski definition) is 3. The lowest BCUT2D eigenvalue weighted by Gasteiger charge is -2.04. The molecule has 0 saturated carbocycles. The Hall–Kier alpha value is -0.870. The summed E-state index contributed by atoms with van der Waals surface area (Å²) >= 11 is 0. The maximum atomic E-state index is 4.41. The van der Waals surface area contributed by atoms with Gasteiger partial charge in [-0.05, 0) is 39.0 Å². The van der Waals surface area contributed by atoms with Gasteiger partial charge in [-0.3, -0.25) is 4.68 Å². The molecule has 1 aromatic heterocycles.